The Bertz CT molecular complexity index is 535. The van der Waals surface area contributed by atoms with Gasteiger partial charge < -0.3 is 9.64 Å². The normalized spacial score (nSPS) is 12.6. The summed E-state index contributed by atoms with van der Waals surface area (Å²) in [6.45, 7) is 11.4. The van der Waals surface area contributed by atoms with Crippen molar-refractivity contribution >= 4 is 20.0 Å². The summed E-state index contributed by atoms with van der Waals surface area (Å²) in [5.41, 5.74) is 0.860. The molecule has 1 aromatic carbocycles. The highest BCUT2D eigenvalue weighted by atomic mass is 31.1. The van der Waals surface area contributed by atoms with Gasteiger partial charge in [-0.25, -0.2) is 4.79 Å². The molecule has 0 aliphatic heterocycles. The van der Waals surface area contributed by atoms with E-state index in [2.05, 4.69) is 43.3 Å². The molecular weight excluding hydrogens is 329 g/mol. The summed E-state index contributed by atoms with van der Waals surface area (Å²) in [5, 5.41) is 1.41. The van der Waals surface area contributed by atoms with Gasteiger partial charge in [-0.05, 0) is 65.3 Å². The molecule has 0 spiro atoms. The predicted molar refractivity (Wildman–Crippen MR) is 110 cm³/mol. The summed E-state index contributed by atoms with van der Waals surface area (Å²) in [7, 11) is 0.847. The quantitative estimate of drug-likeness (QED) is 0.336. The van der Waals surface area contributed by atoms with Gasteiger partial charge in [0.15, 0.2) is 0 Å². The molecule has 0 heterocycles. The Morgan fingerprint density at radius 1 is 1.16 bits per heavy atom. The maximum atomic E-state index is 12.4. The van der Waals surface area contributed by atoms with E-state index in [1.165, 1.54) is 17.0 Å². The van der Waals surface area contributed by atoms with Crippen LogP contribution in [0.2, 0.25) is 0 Å². The Morgan fingerprint density at radius 2 is 1.84 bits per heavy atom. The molecular formula is C21H34NO2P. The number of ether oxygens (including phenoxy) is 1. The molecule has 1 rings (SSSR count). The lowest BCUT2D eigenvalue weighted by Crippen LogP contribution is -2.38. The summed E-state index contributed by atoms with van der Waals surface area (Å²) < 4.78 is 5.56. The van der Waals surface area contributed by atoms with Crippen molar-refractivity contribution in [1.29, 1.82) is 0 Å². The van der Waals surface area contributed by atoms with Gasteiger partial charge in [-0.15, -0.1) is 0 Å². The zero-order valence-corrected chi connectivity index (χ0v) is 17.5. The number of hydrogen-bond donors (Lipinski definition) is 0. The second-order valence-electron chi connectivity index (χ2n) is 7.35. The number of nitrogens with zero attached hydrogens (tertiary/aromatic N) is 1. The van der Waals surface area contributed by atoms with E-state index in [1.54, 1.807) is 0 Å². The molecule has 0 aromatic heterocycles. The molecule has 0 aliphatic carbocycles. The van der Waals surface area contributed by atoms with Crippen molar-refractivity contribution in [1.82, 2.24) is 4.90 Å². The van der Waals surface area contributed by atoms with Gasteiger partial charge in [0.2, 0.25) is 0 Å². The van der Waals surface area contributed by atoms with Crippen molar-refractivity contribution in [2.45, 2.75) is 59.5 Å². The minimum Gasteiger partial charge on any atom is -0.444 e. The van der Waals surface area contributed by atoms with Crippen molar-refractivity contribution in [2.75, 3.05) is 19.3 Å². The van der Waals surface area contributed by atoms with Gasteiger partial charge in [-0.2, -0.15) is 0 Å². The smallest absolute Gasteiger partial charge is 0.410 e. The Morgan fingerprint density at radius 3 is 2.44 bits per heavy atom. The van der Waals surface area contributed by atoms with Crippen LogP contribution in [-0.4, -0.2) is 35.8 Å². The third-order valence-electron chi connectivity index (χ3n) is 3.88. The van der Waals surface area contributed by atoms with Crippen molar-refractivity contribution in [2.24, 2.45) is 0 Å². The standard InChI is InChI=1S/C21H34NO2P/c1-6-18(2)14-16-22(20(23)24-21(3,4)5)15-10-11-17-25-19-12-8-7-9-13-19/h6-9,12-13,25H,10-11,14-17H2,1-5H3/b18-6+. The van der Waals surface area contributed by atoms with Crippen LogP contribution >= 0.6 is 8.58 Å². The fourth-order valence-corrected chi connectivity index (χ4v) is 3.44. The Balaban J connectivity index is 2.42. The van der Waals surface area contributed by atoms with E-state index in [0.717, 1.165) is 40.9 Å². The molecule has 0 aliphatic rings. The monoisotopic (exact) mass is 363 g/mol. The molecule has 0 fully saturated rings. The number of unbranched alkanes of at least 4 members (excludes halogenated alkanes) is 1. The van der Waals surface area contributed by atoms with Gasteiger partial charge in [0.25, 0.3) is 0 Å². The Hall–Kier alpha value is -1.34. The van der Waals surface area contributed by atoms with Crippen LogP contribution in [0.15, 0.2) is 42.0 Å². The first kappa shape index (κ1) is 21.7. The molecule has 0 saturated carbocycles. The zero-order valence-electron chi connectivity index (χ0n) is 16.5. The predicted octanol–water partition coefficient (Wildman–Crippen LogP) is 5.36. The summed E-state index contributed by atoms with van der Waals surface area (Å²) in [6.07, 6.45) is 6.15. The molecule has 0 bridgehead atoms. The van der Waals surface area contributed by atoms with Crippen LogP contribution in [0.25, 0.3) is 0 Å². The maximum Gasteiger partial charge on any atom is 0.410 e. The Labute approximate surface area is 155 Å². The number of allylic oxidation sites excluding steroid dienone is 1. The van der Waals surface area contributed by atoms with Crippen molar-refractivity contribution in [3.8, 4) is 0 Å². The first-order valence-electron chi connectivity index (χ1n) is 9.20. The summed E-state index contributed by atoms with van der Waals surface area (Å²) >= 11 is 0. The molecule has 140 valence electrons. The fraction of sp³-hybridized carbons (Fsp3) is 0.571. The highest BCUT2D eigenvalue weighted by Crippen LogP contribution is 2.15. The number of benzene rings is 1. The zero-order chi connectivity index (χ0) is 18.7. The van der Waals surface area contributed by atoms with Crippen LogP contribution in [0.4, 0.5) is 4.79 Å². The third-order valence-corrected chi connectivity index (χ3v) is 5.22. The third kappa shape index (κ3) is 10.3. The lowest BCUT2D eigenvalue weighted by atomic mass is 10.2. The second kappa shape index (κ2) is 11.3. The highest BCUT2D eigenvalue weighted by Gasteiger charge is 2.21. The number of hydrogen-bond acceptors (Lipinski definition) is 2. The summed E-state index contributed by atoms with van der Waals surface area (Å²) in [6, 6.07) is 10.6. The van der Waals surface area contributed by atoms with Crippen molar-refractivity contribution < 1.29 is 9.53 Å². The molecule has 1 atom stereocenters. The SMILES string of the molecule is C/C=C(\C)CCN(CCCCPc1ccccc1)C(=O)OC(C)(C)C. The van der Waals surface area contributed by atoms with Crippen LogP contribution in [0.5, 0.6) is 0 Å². The first-order valence-corrected chi connectivity index (χ1v) is 10.4. The second-order valence-corrected chi connectivity index (χ2v) is 8.78. The van der Waals surface area contributed by atoms with Crippen LogP contribution < -0.4 is 5.30 Å². The van der Waals surface area contributed by atoms with Crippen LogP contribution in [0.1, 0.15) is 53.9 Å². The lowest BCUT2D eigenvalue weighted by Gasteiger charge is -2.27. The molecule has 1 unspecified atom stereocenters. The van der Waals surface area contributed by atoms with Gasteiger partial charge in [-0.1, -0.05) is 50.6 Å². The largest absolute Gasteiger partial charge is 0.444 e. The number of carbonyl (C=O) groups excluding carboxylic acids is 1. The van der Waals surface area contributed by atoms with Crippen LogP contribution in [-0.2, 0) is 4.74 Å². The van der Waals surface area contributed by atoms with Gasteiger partial charge >= 0.3 is 6.09 Å². The number of carbonyl (C=O) groups is 1. The summed E-state index contributed by atoms with van der Waals surface area (Å²) in [5.74, 6) is 0. The van der Waals surface area contributed by atoms with E-state index in [4.69, 9.17) is 4.74 Å². The average Bonchev–Trinajstić information content (AvgIpc) is 2.56. The minimum absolute atomic E-state index is 0.193. The first-order chi connectivity index (χ1) is 11.8. The van der Waals surface area contributed by atoms with E-state index < -0.39 is 5.60 Å². The van der Waals surface area contributed by atoms with Gasteiger partial charge in [0.05, 0.1) is 0 Å². The molecule has 0 radical (unpaired) electrons. The molecule has 0 N–H and O–H groups in total. The van der Waals surface area contributed by atoms with E-state index >= 15 is 0 Å². The molecule has 25 heavy (non-hydrogen) atoms. The minimum atomic E-state index is -0.445. The van der Waals surface area contributed by atoms with Crippen molar-refractivity contribution in [3.63, 3.8) is 0 Å². The van der Waals surface area contributed by atoms with E-state index in [9.17, 15) is 4.79 Å². The highest BCUT2D eigenvalue weighted by molar-refractivity contribution is 7.47. The molecule has 4 heteroatoms. The number of amides is 1. The van der Waals surface area contributed by atoms with Gasteiger partial charge in [0.1, 0.15) is 5.60 Å². The molecule has 1 amide bonds. The molecule has 1 aromatic rings. The number of rotatable bonds is 9. The summed E-state index contributed by atoms with van der Waals surface area (Å²) in [4.78, 5) is 14.3. The molecule has 0 saturated heterocycles. The van der Waals surface area contributed by atoms with E-state index in [1.807, 2.05) is 32.6 Å². The van der Waals surface area contributed by atoms with E-state index in [-0.39, 0.29) is 6.09 Å². The van der Waals surface area contributed by atoms with Crippen LogP contribution in [0.3, 0.4) is 0 Å². The topological polar surface area (TPSA) is 29.5 Å². The van der Waals surface area contributed by atoms with Gasteiger partial charge in [0, 0.05) is 13.1 Å². The van der Waals surface area contributed by atoms with Crippen molar-refractivity contribution in [3.05, 3.63) is 42.0 Å². The molecule has 3 nitrogen and oxygen atoms in total. The lowest BCUT2D eigenvalue weighted by molar-refractivity contribution is 0.0250. The fourth-order valence-electron chi connectivity index (χ4n) is 2.29. The van der Waals surface area contributed by atoms with E-state index in [0.29, 0.717) is 0 Å². The van der Waals surface area contributed by atoms with Crippen LogP contribution in [0, 0.1) is 0 Å². The maximum absolute atomic E-state index is 12.4. The average molecular weight is 363 g/mol. The Kier molecular flexibility index (Phi) is 9.82. The van der Waals surface area contributed by atoms with Gasteiger partial charge in [-0.3, -0.25) is 0 Å².